The van der Waals surface area contributed by atoms with Gasteiger partial charge in [0.1, 0.15) is 10.6 Å². The molecule has 0 radical (unpaired) electrons. The second-order valence-corrected chi connectivity index (χ2v) is 7.88. The molecule has 1 saturated heterocycles. The van der Waals surface area contributed by atoms with Gasteiger partial charge in [-0.3, -0.25) is 14.9 Å². The van der Waals surface area contributed by atoms with E-state index in [0.29, 0.717) is 10.6 Å². The molecule has 2 aromatic carbocycles. The normalized spacial score (nSPS) is 16.1. The minimum absolute atomic E-state index is 0.0395. The Morgan fingerprint density at radius 1 is 1.04 bits per heavy atom. The lowest BCUT2D eigenvalue weighted by Gasteiger charge is -2.09. The fourth-order valence-electron chi connectivity index (χ4n) is 2.01. The first-order valence-corrected chi connectivity index (χ1v) is 9.49. The molecule has 6 nitrogen and oxygen atoms in total. The number of nitrogens with one attached hydrogen (secondary N) is 1. The average molecular weight is 396 g/mol. The molecule has 1 N–H and O–H groups in total. The van der Waals surface area contributed by atoms with E-state index in [1.54, 1.807) is 18.2 Å². The van der Waals surface area contributed by atoms with Crippen molar-refractivity contribution >= 4 is 50.7 Å². The largest absolute Gasteiger partial charge is 0.378 e. The summed E-state index contributed by atoms with van der Waals surface area (Å²) in [5.41, 5.74) is 0.354. The van der Waals surface area contributed by atoms with Gasteiger partial charge in [-0.2, -0.15) is 8.42 Å². The number of imide groups is 1. The van der Waals surface area contributed by atoms with E-state index in [1.165, 1.54) is 36.4 Å². The van der Waals surface area contributed by atoms with Crippen LogP contribution in [0.1, 0.15) is 5.56 Å². The maximum Gasteiger partial charge on any atom is 0.339 e. The number of carbonyl (C=O) groups is 2. The van der Waals surface area contributed by atoms with Crippen LogP contribution in [-0.2, 0) is 14.9 Å². The summed E-state index contributed by atoms with van der Waals surface area (Å²) in [6.07, 6.45) is 1.40. The monoisotopic (exact) mass is 395 g/mol. The second-order valence-electron chi connectivity index (χ2n) is 4.88. The molecule has 0 aliphatic carbocycles. The van der Waals surface area contributed by atoms with Gasteiger partial charge in [-0.25, -0.2) is 0 Å². The minimum atomic E-state index is -4.07. The number of halogens is 1. The molecular weight excluding hydrogens is 386 g/mol. The molecule has 2 aromatic rings. The molecule has 128 valence electrons. The standard InChI is InChI=1S/C16H10ClNO5S2/c17-11-5-7-12(8-6-11)25(21,22)23-13-4-2-1-3-10(13)9-14-15(19)18-16(20)24-14/h1-9H,(H,18,19,20)/b14-9-. The van der Waals surface area contributed by atoms with E-state index in [2.05, 4.69) is 5.32 Å². The third kappa shape index (κ3) is 4.04. The molecule has 0 unspecified atom stereocenters. The van der Waals surface area contributed by atoms with Crippen LogP contribution >= 0.6 is 23.4 Å². The minimum Gasteiger partial charge on any atom is -0.378 e. The number of amides is 2. The smallest absolute Gasteiger partial charge is 0.339 e. The summed E-state index contributed by atoms with van der Waals surface area (Å²) >= 11 is 6.49. The summed E-state index contributed by atoms with van der Waals surface area (Å²) in [6, 6.07) is 11.8. The van der Waals surface area contributed by atoms with Crippen molar-refractivity contribution < 1.29 is 22.2 Å². The Morgan fingerprint density at radius 2 is 1.72 bits per heavy atom. The van der Waals surface area contributed by atoms with Crippen LogP contribution in [0.4, 0.5) is 4.79 Å². The molecule has 2 amide bonds. The van der Waals surface area contributed by atoms with Crippen molar-refractivity contribution in [3.05, 3.63) is 64.0 Å². The number of benzene rings is 2. The molecule has 25 heavy (non-hydrogen) atoms. The van der Waals surface area contributed by atoms with Gasteiger partial charge in [-0.05, 0) is 48.2 Å². The zero-order valence-corrected chi connectivity index (χ0v) is 14.8. The van der Waals surface area contributed by atoms with Crippen molar-refractivity contribution in [3.8, 4) is 5.75 Å². The van der Waals surface area contributed by atoms with Crippen molar-refractivity contribution in [3.63, 3.8) is 0 Å². The maximum atomic E-state index is 12.4. The van der Waals surface area contributed by atoms with Crippen LogP contribution in [0.3, 0.4) is 0 Å². The van der Waals surface area contributed by atoms with Gasteiger partial charge in [0.2, 0.25) is 0 Å². The molecule has 0 saturated carbocycles. The molecule has 3 rings (SSSR count). The first kappa shape index (κ1) is 17.5. The Bertz CT molecular complexity index is 984. The highest BCUT2D eigenvalue weighted by Gasteiger charge is 2.26. The lowest BCUT2D eigenvalue weighted by Crippen LogP contribution is -2.17. The van der Waals surface area contributed by atoms with Crippen LogP contribution in [0.15, 0.2) is 58.3 Å². The predicted molar refractivity (Wildman–Crippen MR) is 94.8 cm³/mol. The molecule has 1 heterocycles. The van der Waals surface area contributed by atoms with E-state index in [1.807, 2.05) is 0 Å². The molecule has 1 aliphatic rings. The number of thioether (sulfide) groups is 1. The van der Waals surface area contributed by atoms with E-state index in [0.717, 1.165) is 11.8 Å². The summed E-state index contributed by atoms with van der Waals surface area (Å²) in [6.45, 7) is 0. The van der Waals surface area contributed by atoms with Gasteiger partial charge >= 0.3 is 10.1 Å². The van der Waals surface area contributed by atoms with E-state index < -0.39 is 21.3 Å². The maximum absolute atomic E-state index is 12.4. The van der Waals surface area contributed by atoms with E-state index >= 15 is 0 Å². The topological polar surface area (TPSA) is 89.5 Å². The van der Waals surface area contributed by atoms with Gasteiger partial charge in [0, 0.05) is 10.6 Å². The lowest BCUT2D eigenvalue weighted by molar-refractivity contribution is -0.115. The molecule has 9 heteroatoms. The molecule has 1 fully saturated rings. The van der Waals surface area contributed by atoms with E-state index in [-0.39, 0.29) is 15.6 Å². The number of para-hydroxylation sites is 1. The highest BCUT2D eigenvalue weighted by atomic mass is 35.5. The van der Waals surface area contributed by atoms with E-state index in [4.69, 9.17) is 15.8 Å². The number of rotatable bonds is 4. The van der Waals surface area contributed by atoms with Crippen LogP contribution in [0.25, 0.3) is 6.08 Å². The van der Waals surface area contributed by atoms with Gasteiger partial charge < -0.3 is 4.18 Å². The fraction of sp³-hybridized carbons (Fsp3) is 0. The zero-order valence-electron chi connectivity index (χ0n) is 12.4. The van der Waals surface area contributed by atoms with Crippen molar-refractivity contribution in [2.24, 2.45) is 0 Å². The quantitative estimate of drug-likeness (QED) is 0.630. The molecule has 1 aliphatic heterocycles. The summed E-state index contributed by atoms with van der Waals surface area (Å²) in [5, 5.41) is 2.05. The molecule has 0 atom stereocenters. The highest BCUT2D eigenvalue weighted by molar-refractivity contribution is 8.18. The number of carbonyl (C=O) groups excluding carboxylic acids is 2. The Balaban J connectivity index is 1.94. The predicted octanol–water partition coefficient (Wildman–Crippen LogP) is 3.43. The first-order valence-electron chi connectivity index (χ1n) is 6.89. The third-order valence-electron chi connectivity index (χ3n) is 3.15. The van der Waals surface area contributed by atoms with Crippen LogP contribution in [0.5, 0.6) is 5.75 Å². The highest BCUT2D eigenvalue weighted by Crippen LogP contribution is 2.30. The van der Waals surface area contributed by atoms with Crippen molar-refractivity contribution in [2.45, 2.75) is 4.90 Å². The van der Waals surface area contributed by atoms with Gasteiger partial charge in [0.25, 0.3) is 11.1 Å². The number of hydrogen-bond acceptors (Lipinski definition) is 6. The van der Waals surface area contributed by atoms with Crippen LogP contribution in [0.2, 0.25) is 5.02 Å². The Kier molecular flexibility index (Phi) is 4.85. The van der Waals surface area contributed by atoms with Crippen molar-refractivity contribution in [1.29, 1.82) is 0 Å². The van der Waals surface area contributed by atoms with Crippen LogP contribution < -0.4 is 9.50 Å². The Hall–Kier alpha value is -2.29. The Morgan fingerprint density at radius 3 is 2.36 bits per heavy atom. The van der Waals surface area contributed by atoms with Gasteiger partial charge in [-0.1, -0.05) is 29.8 Å². The lowest BCUT2D eigenvalue weighted by atomic mass is 10.2. The molecule has 0 spiro atoms. The fourth-order valence-corrected chi connectivity index (χ4v) is 3.76. The third-order valence-corrected chi connectivity index (χ3v) is 5.46. The van der Waals surface area contributed by atoms with Gasteiger partial charge in [0.15, 0.2) is 0 Å². The number of hydrogen-bond donors (Lipinski definition) is 1. The summed E-state index contributed by atoms with van der Waals surface area (Å²) in [5.74, 6) is -0.497. The van der Waals surface area contributed by atoms with Crippen molar-refractivity contribution in [2.75, 3.05) is 0 Å². The molecule has 0 bridgehead atoms. The summed E-state index contributed by atoms with van der Waals surface area (Å²) in [7, 11) is -4.07. The van der Waals surface area contributed by atoms with Gasteiger partial charge in [-0.15, -0.1) is 0 Å². The summed E-state index contributed by atoms with van der Waals surface area (Å²) in [4.78, 5) is 23.0. The summed E-state index contributed by atoms with van der Waals surface area (Å²) < 4.78 is 30.0. The van der Waals surface area contributed by atoms with Crippen LogP contribution in [0, 0.1) is 0 Å². The van der Waals surface area contributed by atoms with Crippen LogP contribution in [-0.4, -0.2) is 19.6 Å². The average Bonchev–Trinajstić information content (AvgIpc) is 2.87. The second kappa shape index (κ2) is 6.91. The van der Waals surface area contributed by atoms with E-state index in [9.17, 15) is 18.0 Å². The molecule has 0 aromatic heterocycles. The molecular formula is C16H10ClNO5S2. The Labute approximate surface area is 153 Å². The van der Waals surface area contributed by atoms with Gasteiger partial charge in [0.05, 0.1) is 4.91 Å². The SMILES string of the molecule is O=C1NC(=O)/C(=C/c2ccccc2OS(=O)(=O)c2ccc(Cl)cc2)S1. The van der Waals surface area contributed by atoms with Crippen molar-refractivity contribution in [1.82, 2.24) is 5.32 Å². The zero-order chi connectivity index (χ0) is 18.0. The first-order chi connectivity index (χ1) is 11.8.